The van der Waals surface area contributed by atoms with Crippen molar-refractivity contribution in [3.05, 3.63) is 77.4 Å². The maximum absolute atomic E-state index is 13.5. The number of ether oxygens (including phenoxy) is 1. The van der Waals surface area contributed by atoms with Gasteiger partial charge in [0, 0.05) is 37.0 Å². The molecule has 2 N–H and O–H groups in total. The summed E-state index contributed by atoms with van der Waals surface area (Å²) in [6.07, 6.45) is 0.506. The fourth-order valence-electron chi connectivity index (χ4n) is 4.88. The zero-order valence-corrected chi connectivity index (χ0v) is 17.1. The van der Waals surface area contributed by atoms with Gasteiger partial charge in [0.1, 0.15) is 11.4 Å². The van der Waals surface area contributed by atoms with Crippen molar-refractivity contribution in [3.63, 3.8) is 0 Å². The second-order valence-electron chi connectivity index (χ2n) is 8.70. The Balaban J connectivity index is 1.30. The van der Waals surface area contributed by atoms with Gasteiger partial charge in [-0.05, 0) is 35.9 Å². The van der Waals surface area contributed by atoms with E-state index in [1.165, 1.54) is 6.07 Å². The van der Waals surface area contributed by atoms with E-state index >= 15 is 0 Å². The van der Waals surface area contributed by atoms with Crippen LogP contribution in [0.4, 0.5) is 8.78 Å². The first-order valence-corrected chi connectivity index (χ1v) is 10.7. The Morgan fingerprint density at radius 1 is 1.03 bits per heavy atom. The molecule has 0 aliphatic carbocycles. The molecule has 2 heterocycles. The molecule has 0 radical (unpaired) electrons. The van der Waals surface area contributed by atoms with Crippen LogP contribution in [0.1, 0.15) is 42.6 Å². The predicted molar refractivity (Wildman–Crippen MR) is 114 cm³/mol. The van der Waals surface area contributed by atoms with Gasteiger partial charge in [-0.15, -0.1) is 0 Å². The van der Waals surface area contributed by atoms with Gasteiger partial charge in [0.05, 0.1) is 12.2 Å². The Kier molecular flexibility index (Phi) is 5.16. The molecule has 1 saturated heterocycles. The van der Waals surface area contributed by atoms with Gasteiger partial charge < -0.3 is 19.8 Å². The minimum Gasteiger partial charge on any atom is -0.486 e. The summed E-state index contributed by atoms with van der Waals surface area (Å²) in [5.41, 5.74) is 0.754. The van der Waals surface area contributed by atoms with Crippen molar-refractivity contribution in [3.8, 4) is 5.75 Å². The Bertz CT molecular complexity index is 1110. The lowest BCUT2D eigenvalue weighted by Crippen LogP contribution is -2.51. The first-order chi connectivity index (χ1) is 14.9. The molecule has 2 aliphatic rings. The molecule has 4 nitrogen and oxygen atoms in total. The van der Waals surface area contributed by atoms with E-state index in [9.17, 15) is 19.0 Å². The second-order valence-corrected chi connectivity index (χ2v) is 8.70. The van der Waals surface area contributed by atoms with Crippen LogP contribution in [0.3, 0.4) is 0 Å². The molecule has 31 heavy (non-hydrogen) atoms. The molecule has 1 fully saturated rings. The summed E-state index contributed by atoms with van der Waals surface area (Å²) in [6.45, 7) is 1.71. The maximum Gasteiger partial charge on any atom is 0.159 e. The first-order valence-electron chi connectivity index (χ1n) is 10.7. The van der Waals surface area contributed by atoms with Gasteiger partial charge in [-0.1, -0.05) is 42.5 Å². The lowest BCUT2D eigenvalue weighted by Gasteiger charge is -2.46. The van der Waals surface area contributed by atoms with Crippen molar-refractivity contribution in [1.29, 1.82) is 0 Å². The van der Waals surface area contributed by atoms with Crippen molar-refractivity contribution >= 4 is 10.8 Å². The highest BCUT2D eigenvalue weighted by Crippen LogP contribution is 2.47. The van der Waals surface area contributed by atoms with E-state index in [0.29, 0.717) is 31.6 Å². The number of piperidine rings is 1. The van der Waals surface area contributed by atoms with Crippen LogP contribution in [0.5, 0.6) is 5.75 Å². The van der Waals surface area contributed by atoms with Crippen LogP contribution in [0.15, 0.2) is 54.6 Å². The van der Waals surface area contributed by atoms with Gasteiger partial charge in [-0.3, -0.25) is 0 Å². The summed E-state index contributed by atoms with van der Waals surface area (Å²) in [5, 5.41) is 23.4. The minimum absolute atomic E-state index is 0.337. The van der Waals surface area contributed by atoms with Crippen LogP contribution in [0.2, 0.25) is 0 Å². The third kappa shape index (κ3) is 3.80. The summed E-state index contributed by atoms with van der Waals surface area (Å²) in [5.74, 6) is -1.10. The van der Waals surface area contributed by atoms with Crippen molar-refractivity contribution in [2.24, 2.45) is 0 Å². The molecule has 0 unspecified atom stereocenters. The van der Waals surface area contributed by atoms with Gasteiger partial charge in [-0.25, -0.2) is 8.78 Å². The zero-order valence-electron chi connectivity index (χ0n) is 17.1. The largest absolute Gasteiger partial charge is 0.486 e. The van der Waals surface area contributed by atoms with Crippen molar-refractivity contribution in [2.45, 2.75) is 37.1 Å². The number of likely N-dealkylation sites (tertiary alicyclic amines) is 1. The van der Waals surface area contributed by atoms with Crippen LogP contribution in [-0.2, 0) is 0 Å². The Morgan fingerprint density at radius 3 is 2.58 bits per heavy atom. The summed E-state index contributed by atoms with van der Waals surface area (Å²) < 4.78 is 33.2. The molecule has 3 aromatic rings. The van der Waals surface area contributed by atoms with Gasteiger partial charge in [0.25, 0.3) is 0 Å². The fraction of sp³-hybridized carbons (Fsp3) is 0.360. The van der Waals surface area contributed by atoms with E-state index in [1.807, 2.05) is 36.4 Å². The third-order valence-electron chi connectivity index (χ3n) is 6.68. The van der Waals surface area contributed by atoms with Crippen molar-refractivity contribution < 1.29 is 23.7 Å². The standard InChI is InChI=1S/C25H25F2NO3/c26-20-8-6-17(13-21(20)27)23(30)15-28-11-9-25(10-12-28)14-22(29)19-7-5-16-3-1-2-4-18(16)24(19)31-25/h1-8,13,22-23,29-30H,9-12,14-15H2/t22-,23-/m0/s1. The molecule has 0 bridgehead atoms. The van der Waals surface area contributed by atoms with Gasteiger partial charge in [0.2, 0.25) is 0 Å². The number of hydrogen-bond acceptors (Lipinski definition) is 4. The monoisotopic (exact) mass is 425 g/mol. The minimum atomic E-state index is -0.954. The molecule has 162 valence electrons. The molecule has 3 aromatic carbocycles. The Labute approximate surface area is 179 Å². The number of hydrogen-bond donors (Lipinski definition) is 2. The van der Waals surface area contributed by atoms with E-state index in [0.717, 1.165) is 47.1 Å². The number of halogens is 2. The summed E-state index contributed by atoms with van der Waals surface area (Å²) in [4.78, 5) is 2.10. The Morgan fingerprint density at radius 2 is 1.81 bits per heavy atom. The number of rotatable bonds is 3. The number of β-amino-alcohol motifs (C(OH)–C–C–N with tert-alkyl or cyclic N) is 1. The summed E-state index contributed by atoms with van der Waals surface area (Å²) in [7, 11) is 0. The van der Waals surface area contributed by atoms with Gasteiger partial charge >= 0.3 is 0 Å². The third-order valence-corrected chi connectivity index (χ3v) is 6.68. The highest BCUT2D eigenvalue weighted by Gasteiger charge is 2.43. The number of fused-ring (bicyclic) bond motifs is 3. The molecule has 1 spiro atoms. The van der Waals surface area contributed by atoms with Crippen molar-refractivity contribution in [1.82, 2.24) is 4.90 Å². The highest BCUT2D eigenvalue weighted by atomic mass is 19.2. The lowest BCUT2D eigenvalue weighted by atomic mass is 9.81. The smallest absolute Gasteiger partial charge is 0.159 e. The van der Waals surface area contributed by atoms with Crippen LogP contribution in [0.25, 0.3) is 10.8 Å². The van der Waals surface area contributed by atoms with E-state index in [1.54, 1.807) is 0 Å². The number of aliphatic hydroxyl groups excluding tert-OH is 2. The molecular weight excluding hydrogens is 400 g/mol. The molecule has 0 amide bonds. The normalized spacial score (nSPS) is 21.6. The molecule has 6 heteroatoms. The summed E-state index contributed by atoms with van der Waals surface area (Å²) in [6, 6.07) is 15.5. The second kappa shape index (κ2) is 7.86. The number of benzene rings is 3. The topological polar surface area (TPSA) is 52.9 Å². The lowest BCUT2D eigenvalue weighted by molar-refractivity contribution is -0.0577. The quantitative estimate of drug-likeness (QED) is 0.649. The zero-order chi connectivity index (χ0) is 21.6. The summed E-state index contributed by atoms with van der Waals surface area (Å²) >= 11 is 0. The molecule has 0 saturated carbocycles. The molecule has 0 aromatic heterocycles. The van der Waals surface area contributed by atoms with E-state index in [2.05, 4.69) is 4.90 Å². The number of nitrogens with zero attached hydrogens (tertiary/aromatic N) is 1. The molecule has 2 aliphatic heterocycles. The van der Waals surface area contributed by atoms with Crippen molar-refractivity contribution in [2.75, 3.05) is 19.6 Å². The fourth-order valence-corrected chi connectivity index (χ4v) is 4.88. The van der Waals surface area contributed by atoms with Crippen LogP contribution in [0, 0.1) is 11.6 Å². The first kappa shape index (κ1) is 20.4. The van der Waals surface area contributed by atoms with Crippen LogP contribution < -0.4 is 4.74 Å². The molecule has 2 atom stereocenters. The Hall–Kier alpha value is -2.54. The van der Waals surface area contributed by atoms with E-state index in [4.69, 9.17) is 4.74 Å². The average molecular weight is 425 g/mol. The number of aliphatic hydroxyl groups is 2. The van der Waals surface area contributed by atoms with E-state index in [-0.39, 0.29) is 0 Å². The average Bonchev–Trinajstić information content (AvgIpc) is 2.77. The van der Waals surface area contributed by atoms with Crippen LogP contribution in [-0.4, -0.2) is 40.3 Å². The molecule has 5 rings (SSSR count). The molecular formula is C25H25F2NO3. The maximum atomic E-state index is 13.5. The highest BCUT2D eigenvalue weighted by molar-refractivity contribution is 5.90. The predicted octanol–water partition coefficient (Wildman–Crippen LogP) is 4.50. The van der Waals surface area contributed by atoms with Gasteiger partial charge in [0.15, 0.2) is 11.6 Å². The van der Waals surface area contributed by atoms with Crippen LogP contribution >= 0.6 is 0 Å². The van der Waals surface area contributed by atoms with Gasteiger partial charge in [-0.2, -0.15) is 0 Å². The SMILES string of the molecule is O[C@@H](CN1CCC2(CC1)C[C@H](O)c1ccc3ccccc3c1O2)c1ccc(F)c(F)c1. The van der Waals surface area contributed by atoms with E-state index < -0.39 is 29.4 Å².